The molecule has 1 amide bonds. The van der Waals surface area contributed by atoms with Crippen LogP contribution in [0.4, 0.5) is 11.5 Å². The van der Waals surface area contributed by atoms with Crippen molar-refractivity contribution in [3.05, 3.63) is 53.7 Å². The fourth-order valence-electron chi connectivity index (χ4n) is 1.45. The summed E-state index contributed by atoms with van der Waals surface area (Å²) < 4.78 is 0. The third-order valence-electron chi connectivity index (χ3n) is 2.36. The SMILES string of the molecule is N#Cc1cccnc1Nc1ccc(C(N)=O)cc1. The first-order chi connectivity index (χ1) is 8.70. The molecule has 2 rings (SSSR count). The number of nitrogens with one attached hydrogen (secondary N) is 1. The van der Waals surface area contributed by atoms with Crippen LogP contribution in [0.5, 0.6) is 0 Å². The first-order valence-electron chi connectivity index (χ1n) is 5.22. The number of primary amides is 1. The highest BCUT2D eigenvalue weighted by Gasteiger charge is 2.04. The van der Waals surface area contributed by atoms with E-state index in [1.165, 1.54) is 0 Å². The second kappa shape index (κ2) is 4.97. The number of amides is 1. The molecule has 0 unspecified atom stereocenters. The number of rotatable bonds is 3. The second-order valence-corrected chi connectivity index (χ2v) is 3.58. The number of benzene rings is 1. The van der Waals surface area contributed by atoms with Crippen molar-refractivity contribution in [1.82, 2.24) is 4.98 Å². The Morgan fingerprint density at radius 3 is 2.61 bits per heavy atom. The molecule has 0 aliphatic rings. The van der Waals surface area contributed by atoms with E-state index in [0.29, 0.717) is 16.9 Å². The molecule has 0 radical (unpaired) electrons. The minimum absolute atomic E-state index is 0.432. The molecule has 5 heteroatoms. The summed E-state index contributed by atoms with van der Waals surface area (Å²) in [4.78, 5) is 15.0. The first kappa shape index (κ1) is 11.6. The van der Waals surface area contributed by atoms with Crippen LogP contribution < -0.4 is 11.1 Å². The van der Waals surface area contributed by atoms with Crippen LogP contribution >= 0.6 is 0 Å². The van der Waals surface area contributed by atoms with E-state index in [2.05, 4.69) is 10.3 Å². The van der Waals surface area contributed by atoms with E-state index in [0.717, 1.165) is 5.69 Å². The third-order valence-corrected chi connectivity index (χ3v) is 2.36. The highest BCUT2D eigenvalue weighted by atomic mass is 16.1. The summed E-state index contributed by atoms with van der Waals surface area (Å²) in [5.74, 6) is 0.00363. The molecule has 0 atom stereocenters. The van der Waals surface area contributed by atoms with Crippen molar-refractivity contribution >= 4 is 17.4 Å². The lowest BCUT2D eigenvalue weighted by molar-refractivity contribution is 0.100. The van der Waals surface area contributed by atoms with E-state index in [9.17, 15) is 4.79 Å². The van der Waals surface area contributed by atoms with Crippen molar-refractivity contribution in [1.29, 1.82) is 5.26 Å². The van der Waals surface area contributed by atoms with Crippen LogP contribution in [-0.4, -0.2) is 10.9 Å². The Morgan fingerprint density at radius 1 is 1.28 bits per heavy atom. The number of pyridine rings is 1. The van der Waals surface area contributed by atoms with Crippen LogP contribution in [0.3, 0.4) is 0 Å². The molecule has 0 bridgehead atoms. The zero-order chi connectivity index (χ0) is 13.0. The summed E-state index contributed by atoms with van der Waals surface area (Å²) >= 11 is 0. The summed E-state index contributed by atoms with van der Waals surface area (Å²) in [6.45, 7) is 0. The van der Waals surface area contributed by atoms with Gasteiger partial charge in [0.25, 0.3) is 0 Å². The predicted molar refractivity (Wildman–Crippen MR) is 67.2 cm³/mol. The Morgan fingerprint density at radius 2 is 2.00 bits per heavy atom. The maximum absolute atomic E-state index is 10.9. The van der Waals surface area contributed by atoms with E-state index in [1.54, 1.807) is 42.6 Å². The summed E-state index contributed by atoms with van der Waals surface area (Å²) in [7, 11) is 0. The third kappa shape index (κ3) is 2.44. The van der Waals surface area contributed by atoms with E-state index in [4.69, 9.17) is 11.0 Å². The Bertz CT molecular complexity index is 614. The van der Waals surface area contributed by atoms with Crippen molar-refractivity contribution < 1.29 is 4.79 Å². The van der Waals surface area contributed by atoms with Crippen LogP contribution in [0.25, 0.3) is 0 Å². The Kier molecular flexibility index (Phi) is 3.21. The van der Waals surface area contributed by atoms with Gasteiger partial charge in [0.15, 0.2) is 0 Å². The van der Waals surface area contributed by atoms with Crippen molar-refractivity contribution in [2.24, 2.45) is 5.73 Å². The van der Waals surface area contributed by atoms with Crippen LogP contribution in [0, 0.1) is 11.3 Å². The maximum atomic E-state index is 10.9. The Hall–Kier alpha value is -2.87. The van der Waals surface area contributed by atoms with Gasteiger partial charge in [0.05, 0.1) is 5.56 Å². The van der Waals surface area contributed by atoms with Gasteiger partial charge < -0.3 is 11.1 Å². The fraction of sp³-hybridized carbons (Fsp3) is 0. The van der Waals surface area contributed by atoms with Crippen molar-refractivity contribution in [3.63, 3.8) is 0 Å². The number of anilines is 2. The number of nitriles is 1. The maximum Gasteiger partial charge on any atom is 0.248 e. The molecule has 3 N–H and O–H groups in total. The quantitative estimate of drug-likeness (QED) is 0.852. The van der Waals surface area contributed by atoms with Gasteiger partial charge in [-0.3, -0.25) is 4.79 Å². The predicted octanol–water partition coefficient (Wildman–Crippen LogP) is 1.80. The molecule has 1 heterocycles. The molecule has 1 aromatic carbocycles. The van der Waals surface area contributed by atoms with Gasteiger partial charge in [0, 0.05) is 17.4 Å². The summed E-state index contributed by atoms with van der Waals surface area (Å²) in [6, 6.07) is 12.0. The number of aromatic nitrogens is 1. The number of nitrogens with zero attached hydrogens (tertiary/aromatic N) is 2. The largest absolute Gasteiger partial charge is 0.366 e. The molecule has 0 saturated carbocycles. The molecular weight excluding hydrogens is 228 g/mol. The van der Waals surface area contributed by atoms with Gasteiger partial charge in [0.2, 0.25) is 5.91 Å². The highest BCUT2D eigenvalue weighted by molar-refractivity contribution is 5.93. The number of carbonyl (C=O) groups excluding carboxylic acids is 1. The van der Waals surface area contributed by atoms with Gasteiger partial charge >= 0.3 is 0 Å². The normalized spacial score (nSPS) is 9.50. The fourth-order valence-corrected chi connectivity index (χ4v) is 1.45. The average molecular weight is 238 g/mol. The Balaban J connectivity index is 2.24. The molecule has 0 aliphatic carbocycles. The monoisotopic (exact) mass is 238 g/mol. The standard InChI is InChI=1S/C13H10N4O/c14-8-10-2-1-7-16-13(10)17-11-5-3-9(4-6-11)12(15)18/h1-7H,(H2,15,18)(H,16,17). The minimum Gasteiger partial charge on any atom is -0.366 e. The number of nitrogens with two attached hydrogens (primary N) is 1. The van der Waals surface area contributed by atoms with Crippen molar-refractivity contribution in [2.45, 2.75) is 0 Å². The lowest BCUT2D eigenvalue weighted by atomic mass is 10.2. The van der Waals surface area contributed by atoms with Gasteiger partial charge in [-0.2, -0.15) is 5.26 Å². The van der Waals surface area contributed by atoms with Crippen LogP contribution in [0.15, 0.2) is 42.6 Å². The molecule has 1 aromatic heterocycles. The Labute approximate surface area is 104 Å². The zero-order valence-corrected chi connectivity index (χ0v) is 9.42. The molecular formula is C13H10N4O. The second-order valence-electron chi connectivity index (χ2n) is 3.58. The molecule has 5 nitrogen and oxygen atoms in total. The average Bonchev–Trinajstić information content (AvgIpc) is 2.40. The van der Waals surface area contributed by atoms with Gasteiger partial charge in [-0.05, 0) is 36.4 Å². The molecule has 0 fully saturated rings. The first-order valence-corrected chi connectivity index (χ1v) is 5.22. The molecule has 18 heavy (non-hydrogen) atoms. The molecule has 0 saturated heterocycles. The molecule has 0 spiro atoms. The van der Waals surface area contributed by atoms with Gasteiger partial charge in [-0.25, -0.2) is 4.98 Å². The van der Waals surface area contributed by atoms with Crippen LogP contribution in [0.2, 0.25) is 0 Å². The van der Waals surface area contributed by atoms with Crippen molar-refractivity contribution in [3.8, 4) is 6.07 Å². The highest BCUT2D eigenvalue weighted by Crippen LogP contribution is 2.17. The van der Waals surface area contributed by atoms with E-state index < -0.39 is 5.91 Å². The summed E-state index contributed by atoms with van der Waals surface area (Å²) in [5, 5.41) is 11.9. The van der Waals surface area contributed by atoms with E-state index in [1.807, 2.05) is 6.07 Å². The van der Waals surface area contributed by atoms with Crippen molar-refractivity contribution in [2.75, 3.05) is 5.32 Å². The van der Waals surface area contributed by atoms with Gasteiger partial charge in [0.1, 0.15) is 11.9 Å². The van der Waals surface area contributed by atoms with Crippen LogP contribution in [0.1, 0.15) is 15.9 Å². The smallest absolute Gasteiger partial charge is 0.248 e. The summed E-state index contributed by atoms with van der Waals surface area (Å²) in [6.07, 6.45) is 1.60. The zero-order valence-electron chi connectivity index (χ0n) is 9.42. The van der Waals surface area contributed by atoms with Gasteiger partial charge in [-0.15, -0.1) is 0 Å². The molecule has 88 valence electrons. The molecule has 2 aromatic rings. The minimum atomic E-state index is -0.475. The topological polar surface area (TPSA) is 91.8 Å². The molecule has 0 aliphatic heterocycles. The number of hydrogen-bond donors (Lipinski definition) is 2. The number of carbonyl (C=O) groups is 1. The lowest BCUT2D eigenvalue weighted by Crippen LogP contribution is -2.10. The van der Waals surface area contributed by atoms with E-state index in [-0.39, 0.29) is 0 Å². The van der Waals surface area contributed by atoms with E-state index >= 15 is 0 Å². The van der Waals surface area contributed by atoms with Gasteiger partial charge in [-0.1, -0.05) is 0 Å². The van der Waals surface area contributed by atoms with Crippen LogP contribution in [-0.2, 0) is 0 Å². The lowest BCUT2D eigenvalue weighted by Gasteiger charge is -2.06. The number of hydrogen-bond acceptors (Lipinski definition) is 4. The summed E-state index contributed by atoms with van der Waals surface area (Å²) in [5.41, 5.74) is 6.77.